The lowest BCUT2D eigenvalue weighted by molar-refractivity contribution is 0.0689. The number of aromatic carboxylic acids is 1. The van der Waals surface area contributed by atoms with Gasteiger partial charge in [-0.15, -0.1) is 0 Å². The lowest BCUT2D eigenvalue weighted by Gasteiger charge is -1.97. The number of carboxylic acid groups (broad SMARTS) is 1. The maximum Gasteiger partial charge on any atom is 0.356 e. The Hall–Kier alpha value is -1.43. The van der Waals surface area contributed by atoms with Gasteiger partial charge >= 0.3 is 5.97 Å². The third kappa shape index (κ3) is 2.53. The van der Waals surface area contributed by atoms with Crippen LogP contribution in [0.5, 0.6) is 0 Å². The zero-order valence-corrected chi connectivity index (χ0v) is 8.24. The molecule has 0 atom stereocenters. The van der Waals surface area contributed by atoms with E-state index in [9.17, 15) is 9.59 Å². The number of rotatable bonds is 3. The molecular weight excluding hydrogens is 204 g/mol. The molecule has 1 aromatic rings. The van der Waals surface area contributed by atoms with Crippen molar-refractivity contribution in [2.75, 3.05) is 5.75 Å². The van der Waals surface area contributed by atoms with Gasteiger partial charge in [0.2, 0.25) is 5.12 Å². The highest BCUT2D eigenvalue weighted by molar-refractivity contribution is 8.14. The van der Waals surface area contributed by atoms with E-state index in [4.69, 9.17) is 5.11 Å². The van der Waals surface area contributed by atoms with Crippen LogP contribution in [-0.2, 0) is 0 Å². The van der Waals surface area contributed by atoms with Crippen molar-refractivity contribution in [3.05, 3.63) is 23.8 Å². The first-order chi connectivity index (χ1) is 6.65. The van der Waals surface area contributed by atoms with Gasteiger partial charge in [-0.2, -0.15) is 0 Å². The molecule has 0 aliphatic rings. The number of carbonyl (C=O) groups is 2. The van der Waals surface area contributed by atoms with E-state index in [0.29, 0.717) is 5.75 Å². The Morgan fingerprint density at radius 3 is 2.36 bits per heavy atom. The Morgan fingerprint density at radius 1 is 1.36 bits per heavy atom. The molecule has 0 bridgehead atoms. The van der Waals surface area contributed by atoms with Gasteiger partial charge in [-0.1, -0.05) is 18.7 Å². The Morgan fingerprint density at radius 2 is 1.93 bits per heavy atom. The average molecular weight is 212 g/mol. The zero-order chi connectivity index (χ0) is 10.6. The number of nitrogens with zero attached hydrogens (tertiary/aromatic N) is 2. The maximum atomic E-state index is 11.2. The second-order valence-electron chi connectivity index (χ2n) is 2.31. The van der Waals surface area contributed by atoms with Gasteiger partial charge in [-0.05, 0) is 5.75 Å². The molecule has 5 nitrogen and oxygen atoms in total. The normalized spacial score (nSPS) is 9.79. The van der Waals surface area contributed by atoms with Crippen LogP contribution in [0.3, 0.4) is 0 Å². The molecule has 1 aromatic heterocycles. The minimum atomic E-state index is -1.15. The molecule has 0 unspecified atom stereocenters. The van der Waals surface area contributed by atoms with E-state index in [1.165, 1.54) is 6.20 Å². The van der Waals surface area contributed by atoms with E-state index < -0.39 is 5.97 Å². The van der Waals surface area contributed by atoms with Crippen molar-refractivity contribution in [2.45, 2.75) is 6.92 Å². The van der Waals surface area contributed by atoms with Gasteiger partial charge in [0.15, 0.2) is 5.69 Å². The van der Waals surface area contributed by atoms with Crippen LogP contribution < -0.4 is 0 Å². The topological polar surface area (TPSA) is 80.2 Å². The summed E-state index contributed by atoms with van der Waals surface area (Å²) < 4.78 is 0. The maximum absolute atomic E-state index is 11.2. The minimum Gasteiger partial charge on any atom is -0.476 e. The summed E-state index contributed by atoms with van der Waals surface area (Å²) in [6.45, 7) is 1.85. The van der Waals surface area contributed by atoms with E-state index in [1.807, 2.05) is 6.92 Å². The van der Waals surface area contributed by atoms with Crippen LogP contribution in [-0.4, -0.2) is 31.9 Å². The second-order valence-corrected chi connectivity index (χ2v) is 3.55. The molecule has 0 aliphatic heterocycles. The smallest absolute Gasteiger partial charge is 0.356 e. The first-order valence-corrected chi connectivity index (χ1v) is 4.86. The fourth-order valence-corrected chi connectivity index (χ4v) is 1.26. The van der Waals surface area contributed by atoms with Crippen molar-refractivity contribution in [3.63, 3.8) is 0 Å². The molecule has 1 N–H and O–H groups in total. The van der Waals surface area contributed by atoms with Crippen LogP contribution in [0.15, 0.2) is 12.4 Å². The van der Waals surface area contributed by atoms with Crippen LogP contribution in [0, 0.1) is 0 Å². The molecule has 1 heterocycles. The summed E-state index contributed by atoms with van der Waals surface area (Å²) in [6.07, 6.45) is 2.25. The van der Waals surface area contributed by atoms with E-state index >= 15 is 0 Å². The molecule has 74 valence electrons. The first-order valence-electron chi connectivity index (χ1n) is 3.87. The number of hydrogen-bond donors (Lipinski definition) is 1. The fourth-order valence-electron chi connectivity index (χ4n) is 0.749. The summed E-state index contributed by atoms with van der Waals surface area (Å²) in [6, 6.07) is 0. The molecule has 0 spiro atoms. The summed E-state index contributed by atoms with van der Waals surface area (Å²) in [4.78, 5) is 28.9. The van der Waals surface area contributed by atoms with Gasteiger partial charge in [0.1, 0.15) is 5.69 Å². The van der Waals surface area contributed by atoms with E-state index in [1.54, 1.807) is 0 Å². The molecule has 0 saturated heterocycles. The monoisotopic (exact) mass is 212 g/mol. The van der Waals surface area contributed by atoms with E-state index in [2.05, 4.69) is 9.97 Å². The largest absolute Gasteiger partial charge is 0.476 e. The number of thioether (sulfide) groups is 1. The Bertz CT molecular complexity index is 350. The molecule has 1 rings (SSSR count). The van der Waals surface area contributed by atoms with Crippen molar-refractivity contribution in [1.29, 1.82) is 0 Å². The summed E-state index contributed by atoms with van der Waals surface area (Å²) in [5.41, 5.74) is 0.0184. The van der Waals surface area contributed by atoms with Crippen LogP contribution in [0.4, 0.5) is 0 Å². The number of aromatic nitrogens is 2. The number of carbonyl (C=O) groups excluding carboxylic acids is 1. The fraction of sp³-hybridized carbons (Fsp3) is 0.250. The third-order valence-corrected chi connectivity index (χ3v) is 2.12. The summed E-state index contributed by atoms with van der Waals surface area (Å²) in [5.74, 6) is -0.499. The van der Waals surface area contributed by atoms with E-state index in [0.717, 1.165) is 18.0 Å². The van der Waals surface area contributed by atoms with Gasteiger partial charge in [-0.25, -0.2) is 14.8 Å². The molecular formula is C8H8N2O3S. The quantitative estimate of drug-likeness (QED) is 0.807. The van der Waals surface area contributed by atoms with Crippen molar-refractivity contribution in [3.8, 4) is 0 Å². The minimum absolute atomic E-state index is 0.164. The van der Waals surface area contributed by atoms with Crippen molar-refractivity contribution in [1.82, 2.24) is 9.97 Å². The molecule has 0 radical (unpaired) electrons. The van der Waals surface area contributed by atoms with Gasteiger partial charge in [0.25, 0.3) is 0 Å². The molecule has 14 heavy (non-hydrogen) atoms. The average Bonchev–Trinajstić information content (AvgIpc) is 2.18. The zero-order valence-electron chi connectivity index (χ0n) is 7.43. The highest BCUT2D eigenvalue weighted by Crippen LogP contribution is 2.08. The van der Waals surface area contributed by atoms with Crippen LogP contribution in [0.25, 0.3) is 0 Å². The van der Waals surface area contributed by atoms with Crippen LogP contribution >= 0.6 is 11.8 Å². The van der Waals surface area contributed by atoms with Crippen LogP contribution in [0.1, 0.15) is 27.9 Å². The third-order valence-electron chi connectivity index (χ3n) is 1.36. The van der Waals surface area contributed by atoms with Gasteiger partial charge in [-0.3, -0.25) is 4.79 Å². The Balaban J connectivity index is 2.83. The molecule has 0 aliphatic carbocycles. The molecule has 6 heteroatoms. The van der Waals surface area contributed by atoms with Gasteiger partial charge < -0.3 is 5.11 Å². The van der Waals surface area contributed by atoms with Gasteiger partial charge in [0, 0.05) is 0 Å². The van der Waals surface area contributed by atoms with E-state index in [-0.39, 0.29) is 16.5 Å². The summed E-state index contributed by atoms with van der Waals surface area (Å²) in [7, 11) is 0. The summed E-state index contributed by atoms with van der Waals surface area (Å²) >= 11 is 1.11. The first kappa shape index (κ1) is 10.6. The standard InChI is InChI=1S/C8H8N2O3S/c1-2-14-8(13)6-4-9-5(3-10-6)7(11)12/h3-4H,2H2,1H3,(H,11,12). The van der Waals surface area contributed by atoms with Crippen molar-refractivity contribution >= 4 is 22.8 Å². The second kappa shape index (κ2) is 4.71. The molecule has 0 fully saturated rings. The van der Waals surface area contributed by atoms with Gasteiger partial charge in [0.05, 0.1) is 12.4 Å². The molecule has 0 aromatic carbocycles. The van der Waals surface area contributed by atoms with Crippen molar-refractivity contribution in [2.24, 2.45) is 0 Å². The predicted octanol–water partition coefficient (Wildman–Crippen LogP) is 1.07. The lowest BCUT2D eigenvalue weighted by atomic mass is 10.4. The highest BCUT2D eigenvalue weighted by Gasteiger charge is 2.09. The molecule has 0 amide bonds. The number of carboxylic acids is 1. The predicted molar refractivity (Wildman–Crippen MR) is 51.5 cm³/mol. The molecule has 0 saturated carbocycles. The summed E-state index contributed by atoms with van der Waals surface area (Å²) in [5, 5.41) is 8.33. The van der Waals surface area contributed by atoms with Crippen molar-refractivity contribution < 1.29 is 14.7 Å². The SMILES string of the molecule is CCSC(=O)c1cnc(C(=O)O)cn1. The highest BCUT2D eigenvalue weighted by atomic mass is 32.2. The number of hydrogen-bond acceptors (Lipinski definition) is 5. The Labute approximate surface area is 84.6 Å². The lowest BCUT2D eigenvalue weighted by Crippen LogP contribution is -2.05. The van der Waals surface area contributed by atoms with Crippen LogP contribution in [0.2, 0.25) is 0 Å². The Kier molecular flexibility index (Phi) is 3.58.